The molecule has 2 heterocycles. The second-order valence-electron chi connectivity index (χ2n) is 19.3. The van der Waals surface area contributed by atoms with Crippen LogP contribution in [0.1, 0.15) is 96.6 Å². The Hall–Kier alpha value is -3.92. The molecule has 0 bridgehead atoms. The molecule has 2 aliphatic heterocycles. The first-order valence-corrected chi connectivity index (χ1v) is 30.5. The van der Waals surface area contributed by atoms with E-state index in [9.17, 15) is 48.8 Å². The van der Waals surface area contributed by atoms with Gasteiger partial charge in [0.1, 0.15) is 26.8 Å². The Morgan fingerprint density at radius 3 is 1.82 bits per heavy atom. The number of carbonyl (C=O) groups is 1. The summed E-state index contributed by atoms with van der Waals surface area (Å²) in [5.74, 6) is -1.55. The van der Waals surface area contributed by atoms with Crippen molar-refractivity contribution in [1.82, 2.24) is 0 Å². The molecule has 1 N–H and O–H groups in total. The molecule has 0 amide bonds. The third-order valence-corrected chi connectivity index (χ3v) is 16.8. The summed E-state index contributed by atoms with van der Waals surface area (Å²) in [6.07, 6.45) is 11.7. The number of unbranched alkanes of at least 4 members (excludes halogenated alkanes) is 2. The van der Waals surface area contributed by atoms with Crippen LogP contribution in [0.25, 0.3) is 0 Å². The van der Waals surface area contributed by atoms with E-state index in [1.54, 1.807) is 20.3 Å². The fourth-order valence-electron chi connectivity index (χ4n) is 9.86. The van der Waals surface area contributed by atoms with Crippen molar-refractivity contribution in [2.75, 3.05) is 117 Å². The van der Waals surface area contributed by atoms with Gasteiger partial charge in [-0.25, -0.2) is 25.3 Å². The molecule has 438 valence electrons. The molecular formula is C54H77ClN2O18S3-2. The fourth-order valence-corrected chi connectivity index (χ4v) is 11.7. The van der Waals surface area contributed by atoms with Gasteiger partial charge in [0, 0.05) is 79.1 Å². The molecule has 2 atom stereocenters. The number of nitrogens with zero attached hydrogens (tertiary/aromatic N) is 2. The summed E-state index contributed by atoms with van der Waals surface area (Å²) < 4.78 is 150. The number of benzene rings is 2. The van der Waals surface area contributed by atoms with E-state index in [0.717, 1.165) is 22.5 Å². The molecule has 0 radical (unpaired) electrons. The van der Waals surface area contributed by atoms with Crippen LogP contribution >= 0.6 is 11.6 Å². The highest BCUT2D eigenvalue weighted by molar-refractivity contribution is 7.86. The number of hydrogen-bond donors (Lipinski definition) is 1. The fraction of sp³-hybridized carbons (Fsp3) is 0.593. The van der Waals surface area contributed by atoms with Crippen molar-refractivity contribution in [3.05, 3.63) is 93.7 Å². The van der Waals surface area contributed by atoms with E-state index in [4.69, 9.17) is 44.8 Å². The summed E-state index contributed by atoms with van der Waals surface area (Å²) in [5, 5.41) is 9.70. The minimum absolute atomic E-state index is 0. The van der Waals surface area contributed by atoms with Crippen LogP contribution in [0.5, 0.6) is 0 Å². The number of ether oxygens (including phenoxy) is 7. The second-order valence-corrected chi connectivity index (χ2v) is 23.9. The van der Waals surface area contributed by atoms with Gasteiger partial charge in [-0.2, -0.15) is 4.58 Å². The Balaban J connectivity index is 0.0000131. The van der Waals surface area contributed by atoms with Gasteiger partial charge in [-0.3, -0.25) is 4.79 Å². The zero-order valence-electron chi connectivity index (χ0n) is 44.3. The zero-order chi connectivity index (χ0) is 56.3. The van der Waals surface area contributed by atoms with Gasteiger partial charge >= 0.3 is 5.97 Å². The van der Waals surface area contributed by atoms with Crippen LogP contribution in [0.3, 0.4) is 0 Å². The van der Waals surface area contributed by atoms with E-state index in [0.29, 0.717) is 139 Å². The number of rotatable bonds is 36. The highest BCUT2D eigenvalue weighted by atomic mass is 35.5. The standard InChI is InChI=1S/C53H75ClN2O18S3.CH4/c1-52(21-9-37-75(59,60)61)44-38-42(76(62,63)64)16-18-47(44)56(24-26-70-29-30-72-33-34-74-36-35-73-32-31-71-28-27-69-4)48(52)19-13-40-10-8-11-41(51(40)54)14-20-49-53(2,22-25-68-3)45-39-43(77(65,66)67)15-17-46(45)55(49)23-7-5-6-12-50(57)58;/h13-20,38-39H,5-12,21-37H2,1-4H3,(H3-,57,58,59,60,61,62,63,64,65,66,67);1H4/p-2. The predicted molar refractivity (Wildman–Crippen MR) is 292 cm³/mol. The Kier molecular flexibility index (Phi) is 26.8. The van der Waals surface area contributed by atoms with Crippen molar-refractivity contribution in [3.63, 3.8) is 0 Å². The molecule has 20 nitrogen and oxygen atoms in total. The minimum atomic E-state index is -4.91. The smallest absolute Gasteiger partial charge is 0.303 e. The van der Waals surface area contributed by atoms with Crippen molar-refractivity contribution in [1.29, 1.82) is 0 Å². The molecule has 24 heteroatoms. The molecule has 0 saturated carbocycles. The SMILES string of the molecule is C.COCCOCCOCCOCCOCCOCC[N+]1=C(C=CC2=C(Cl)C(=CC=C3N(CCCCCC(=O)O)c4ccc(S(=O)(=O)[O-])cc4C3(C)CCOC)CCC2)C(C)(CCCS(=O)(=O)[O-])c2cc(S(=O)(=O)[O-])ccc21. The maximum absolute atomic E-state index is 12.4. The summed E-state index contributed by atoms with van der Waals surface area (Å²) in [7, 11) is -11.1. The van der Waals surface area contributed by atoms with Crippen LogP contribution in [-0.2, 0) is 79.1 Å². The normalized spacial score (nSPS) is 19.9. The number of aliphatic carboxylic acids is 1. The summed E-state index contributed by atoms with van der Waals surface area (Å²) in [6, 6.07) is 8.43. The topological polar surface area (TPSA) is 280 Å². The number of methoxy groups -OCH3 is 2. The first-order chi connectivity index (χ1) is 36.5. The number of allylic oxidation sites excluding steroid dienone is 8. The lowest BCUT2D eigenvalue weighted by atomic mass is 9.75. The number of anilines is 1. The Morgan fingerprint density at radius 2 is 1.26 bits per heavy atom. The lowest BCUT2D eigenvalue weighted by Gasteiger charge is -2.30. The predicted octanol–water partition coefficient (Wildman–Crippen LogP) is 7.04. The van der Waals surface area contributed by atoms with Gasteiger partial charge in [-0.1, -0.05) is 37.6 Å². The van der Waals surface area contributed by atoms with Gasteiger partial charge in [0.25, 0.3) is 0 Å². The van der Waals surface area contributed by atoms with E-state index in [1.807, 2.05) is 42.7 Å². The largest absolute Gasteiger partial charge is 0.748 e. The zero-order valence-corrected chi connectivity index (χ0v) is 47.5. The van der Waals surface area contributed by atoms with Gasteiger partial charge < -0.3 is 56.8 Å². The maximum Gasteiger partial charge on any atom is 0.303 e. The van der Waals surface area contributed by atoms with Crippen LogP contribution in [-0.4, -0.2) is 173 Å². The van der Waals surface area contributed by atoms with Crippen LogP contribution in [0, 0.1) is 0 Å². The van der Waals surface area contributed by atoms with Crippen LogP contribution in [0.2, 0.25) is 0 Å². The van der Waals surface area contributed by atoms with E-state index >= 15 is 0 Å². The van der Waals surface area contributed by atoms with Crippen LogP contribution < -0.4 is 4.90 Å². The Bertz CT molecular complexity index is 2830. The molecule has 2 aromatic carbocycles. The van der Waals surface area contributed by atoms with Crippen LogP contribution in [0.4, 0.5) is 11.4 Å². The number of fused-ring (bicyclic) bond motifs is 2. The number of hydrogen-bond acceptors (Lipinski definition) is 18. The van der Waals surface area contributed by atoms with Gasteiger partial charge in [-0.15, -0.1) is 0 Å². The molecule has 1 aliphatic carbocycles. The summed E-state index contributed by atoms with van der Waals surface area (Å²) in [6.45, 7) is 8.93. The number of carboxylic acids is 1. The van der Waals surface area contributed by atoms with Gasteiger partial charge in [0.2, 0.25) is 5.69 Å². The monoisotopic (exact) mass is 1170 g/mol. The van der Waals surface area contributed by atoms with E-state index in [-0.39, 0.29) is 58.0 Å². The minimum Gasteiger partial charge on any atom is -0.748 e. The van der Waals surface area contributed by atoms with E-state index < -0.39 is 57.8 Å². The van der Waals surface area contributed by atoms with Gasteiger partial charge in [0.05, 0.1) is 91.4 Å². The average Bonchev–Trinajstić information content (AvgIpc) is 3.99. The third kappa shape index (κ3) is 19.1. The molecule has 78 heavy (non-hydrogen) atoms. The van der Waals surface area contributed by atoms with Crippen molar-refractivity contribution in [3.8, 4) is 0 Å². The summed E-state index contributed by atoms with van der Waals surface area (Å²) in [4.78, 5) is 12.5. The molecule has 0 saturated heterocycles. The van der Waals surface area contributed by atoms with Crippen molar-refractivity contribution in [2.45, 2.75) is 106 Å². The first kappa shape index (κ1) is 66.6. The molecular weight excluding hydrogens is 1100 g/mol. The van der Waals surface area contributed by atoms with Gasteiger partial charge in [-0.05, 0) is 118 Å². The second kappa shape index (κ2) is 31.3. The average molecular weight is 1170 g/mol. The molecule has 0 aromatic heterocycles. The lowest BCUT2D eigenvalue weighted by molar-refractivity contribution is -0.442. The van der Waals surface area contributed by atoms with E-state index in [2.05, 4.69) is 4.90 Å². The molecule has 2 aromatic rings. The van der Waals surface area contributed by atoms with Crippen molar-refractivity contribution in [2.24, 2.45) is 0 Å². The molecule has 3 aliphatic rings. The highest BCUT2D eigenvalue weighted by Gasteiger charge is 2.48. The summed E-state index contributed by atoms with van der Waals surface area (Å²) >= 11 is 7.30. The Morgan fingerprint density at radius 1 is 0.692 bits per heavy atom. The molecule has 5 rings (SSSR count). The highest BCUT2D eigenvalue weighted by Crippen LogP contribution is 2.51. The third-order valence-electron chi connectivity index (χ3n) is 13.9. The number of halogens is 1. The molecule has 2 unspecified atom stereocenters. The van der Waals surface area contributed by atoms with Crippen molar-refractivity contribution >= 4 is 65.0 Å². The maximum atomic E-state index is 12.4. The number of carboxylic acid groups (broad SMARTS) is 1. The first-order valence-electron chi connectivity index (χ1n) is 25.7. The van der Waals surface area contributed by atoms with E-state index in [1.165, 1.54) is 30.3 Å². The van der Waals surface area contributed by atoms with Crippen LogP contribution in [0.15, 0.2) is 92.4 Å². The van der Waals surface area contributed by atoms with Crippen molar-refractivity contribution < 1.29 is 86.5 Å². The quantitative estimate of drug-likeness (QED) is 0.0406. The Labute approximate surface area is 466 Å². The van der Waals surface area contributed by atoms with Gasteiger partial charge in [0.15, 0.2) is 12.3 Å². The lowest BCUT2D eigenvalue weighted by Crippen LogP contribution is -2.33. The molecule has 0 spiro atoms. The molecule has 0 fully saturated rings. The summed E-state index contributed by atoms with van der Waals surface area (Å²) in [5.41, 5.74) is 3.47.